The van der Waals surface area contributed by atoms with Gasteiger partial charge < -0.3 is 9.80 Å². The number of pyridine rings is 1. The molecule has 2 aliphatic heterocycles. The molecule has 102 valence electrons. The second kappa shape index (κ2) is 5.19. The Labute approximate surface area is 114 Å². The van der Waals surface area contributed by atoms with Gasteiger partial charge in [-0.05, 0) is 37.3 Å². The molecule has 0 aliphatic carbocycles. The molecule has 1 aromatic rings. The van der Waals surface area contributed by atoms with Crippen molar-refractivity contribution < 1.29 is 4.79 Å². The van der Waals surface area contributed by atoms with Gasteiger partial charge in [-0.15, -0.1) is 0 Å². The van der Waals surface area contributed by atoms with E-state index in [0.717, 1.165) is 43.5 Å². The van der Waals surface area contributed by atoms with E-state index in [-0.39, 0.29) is 5.91 Å². The van der Waals surface area contributed by atoms with Gasteiger partial charge in [0.05, 0.1) is 11.9 Å². The number of aromatic nitrogens is 1. The molecule has 0 saturated carbocycles. The SMILES string of the molecule is CC1CCN(c2ccc(N3CCCC3=O)cn2)CC1. The Morgan fingerprint density at radius 3 is 2.58 bits per heavy atom. The van der Waals surface area contributed by atoms with Crippen molar-refractivity contribution in [3.63, 3.8) is 0 Å². The minimum atomic E-state index is 0.223. The van der Waals surface area contributed by atoms with Crippen LogP contribution < -0.4 is 9.80 Å². The number of amides is 1. The summed E-state index contributed by atoms with van der Waals surface area (Å²) in [4.78, 5) is 20.4. The second-order valence-electron chi connectivity index (χ2n) is 5.69. The second-order valence-corrected chi connectivity index (χ2v) is 5.69. The van der Waals surface area contributed by atoms with Crippen LogP contribution in [-0.2, 0) is 4.79 Å². The van der Waals surface area contributed by atoms with Gasteiger partial charge in [-0.3, -0.25) is 4.79 Å². The van der Waals surface area contributed by atoms with Crippen molar-refractivity contribution >= 4 is 17.4 Å². The van der Waals surface area contributed by atoms with Crippen molar-refractivity contribution in [3.8, 4) is 0 Å². The van der Waals surface area contributed by atoms with Gasteiger partial charge in [0, 0.05) is 26.1 Å². The normalized spacial score (nSPS) is 21.2. The van der Waals surface area contributed by atoms with Gasteiger partial charge in [0.2, 0.25) is 5.91 Å². The molecule has 0 bridgehead atoms. The first-order valence-electron chi connectivity index (χ1n) is 7.25. The van der Waals surface area contributed by atoms with Crippen LogP contribution in [0.1, 0.15) is 32.6 Å². The molecule has 2 aliphatic rings. The molecule has 0 spiro atoms. The maximum atomic E-state index is 11.7. The van der Waals surface area contributed by atoms with Gasteiger partial charge in [-0.2, -0.15) is 0 Å². The van der Waals surface area contributed by atoms with E-state index in [9.17, 15) is 4.79 Å². The third-order valence-electron chi connectivity index (χ3n) is 4.22. The Morgan fingerprint density at radius 1 is 1.21 bits per heavy atom. The number of hydrogen-bond acceptors (Lipinski definition) is 3. The zero-order valence-corrected chi connectivity index (χ0v) is 11.5. The fraction of sp³-hybridized carbons (Fsp3) is 0.600. The quantitative estimate of drug-likeness (QED) is 0.818. The third kappa shape index (κ3) is 2.57. The van der Waals surface area contributed by atoms with E-state index in [4.69, 9.17) is 0 Å². The fourth-order valence-corrected chi connectivity index (χ4v) is 2.88. The van der Waals surface area contributed by atoms with Crippen molar-refractivity contribution in [1.82, 2.24) is 4.98 Å². The smallest absolute Gasteiger partial charge is 0.227 e. The van der Waals surface area contributed by atoms with E-state index in [2.05, 4.69) is 22.9 Å². The molecule has 3 rings (SSSR count). The third-order valence-corrected chi connectivity index (χ3v) is 4.22. The largest absolute Gasteiger partial charge is 0.357 e. The monoisotopic (exact) mass is 259 g/mol. The van der Waals surface area contributed by atoms with Crippen molar-refractivity contribution in [1.29, 1.82) is 0 Å². The van der Waals surface area contributed by atoms with Gasteiger partial charge in [0.15, 0.2) is 0 Å². The highest BCUT2D eigenvalue weighted by Gasteiger charge is 2.22. The zero-order valence-electron chi connectivity index (χ0n) is 11.5. The number of nitrogens with zero attached hydrogens (tertiary/aromatic N) is 3. The van der Waals surface area contributed by atoms with E-state index in [1.165, 1.54) is 12.8 Å². The van der Waals surface area contributed by atoms with Gasteiger partial charge in [-0.1, -0.05) is 6.92 Å². The van der Waals surface area contributed by atoms with Crippen molar-refractivity contribution in [2.45, 2.75) is 32.6 Å². The van der Waals surface area contributed by atoms with Crippen LogP contribution in [0.4, 0.5) is 11.5 Å². The van der Waals surface area contributed by atoms with Crippen LogP contribution in [0.2, 0.25) is 0 Å². The van der Waals surface area contributed by atoms with Gasteiger partial charge >= 0.3 is 0 Å². The molecule has 1 aromatic heterocycles. The predicted molar refractivity (Wildman–Crippen MR) is 76.4 cm³/mol. The summed E-state index contributed by atoms with van der Waals surface area (Å²) < 4.78 is 0. The van der Waals surface area contributed by atoms with Crippen LogP contribution in [-0.4, -0.2) is 30.5 Å². The molecule has 0 unspecified atom stereocenters. The van der Waals surface area contributed by atoms with Gasteiger partial charge in [-0.25, -0.2) is 4.98 Å². The highest BCUT2D eigenvalue weighted by atomic mass is 16.2. The lowest BCUT2D eigenvalue weighted by molar-refractivity contribution is -0.117. The van der Waals surface area contributed by atoms with Gasteiger partial charge in [0.1, 0.15) is 5.82 Å². The minimum absolute atomic E-state index is 0.223. The van der Waals surface area contributed by atoms with Crippen LogP contribution in [0.5, 0.6) is 0 Å². The summed E-state index contributed by atoms with van der Waals surface area (Å²) >= 11 is 0. The summed E-state index contributed by atoms with van der Waals surface area (Å²) in [5.41, 5.74) is 0.941. The van der Waals surface area contributed by atoms with E-state index in [1.807, 2.05) is 17.2 Å². The number of rotatable bonds is 2. The Balaban J connectivity index is 1.70. The summed E-state index contributed by atoms with van der Waals surface area (Å²) in [5, 5.41) is 0. The molecule has 4 nitrogen and oxygen atoms in total. The Kier molecular flexibility index (Phi) is 3.40. The Morgan fingerprint density at radius 2 is 2.00 bits per heavy atom. The zero-order chi connectivity index (χ0) is 13.2. The van der Waals surface area contributed by atoms with E-state index < -0.39 is 0 Å². The van der Waals surface area contributed by atoms with Crippen LogP contribution in [0.25, 0.3) is 0 Å². The maximum Gasteiger partial charge on any atom is 0.227 e. The molecule has 0 N–H and O–H groups in total. The molecule has 0 atom stereocenters. The highest BCUT2D eigenvalue weighted by Crippen LogP contribution is 2.25. The predicted octanol–water partition coefficient (Wildman–Crippen LogP) is 2.44. The average Bonchev–Trinajstić information content (AvgIpc) is 2.86. The molecule has 2 fully saturated rings. The first kappa shape index (κ1) is 12.5. The van der Waals surface area contributed by atoms with Crippen LogP contribution in [0.15, 0.2) is 18.3 Å². The molecule has 0 aromatic carbocycles. The molecule has 1 amide bonds. The van der Waals surface area contributed by atoms with E-state index in [1.54, 1.807) is 0 Å². The fourth-order valence-electron chi connectivity index (χ4n) is 2.88. The molecule has 3 heterocycles. The van der Waals surface area contributed by atoms with E-state index in [0.29, 0.717) is 6.42 Å². The lowest BCUT2D eigenvalue weighted by Gasteiger charge is -2.31. The summed E-state index contributed by atoms with van der Waals surface area (Å²) in [7, 11) is 0. The van der Waals surface area contributed by atoms with E-state index >= 15 is 0 Å². The molecule has 0 radical (unpaired) electrons. The standard InChI is InChI=1S/C15H21N3O/c1-12-6-9-17(10-7-12)14-5-4-13(11-16-14)18-8-2-3-15(18)19/h4-5,11-12H,2-3,6-10H2,1H3. The van der Waals surface area contributed by atoms with Crippen LogP contribution in [0, 0.1) is 5.92 Å². The Bertz CT molecular complexity index is 449. The number of carbonyl (C=O) groups is 1. The summed E-state index contributed by atoms with van der Waals surface area (Å²) in [6.07, 6.45) is 5.97. The summed E-state index contributed by atoms with van der Waals surface area (Å²) in [6.45, 7) is 5.33. The molecule has 2 saturated heterocycles. The minimum Gasteiger partial charge on any atom is -0.357 e. The number of anilines is 2. The number of hydrogen-bond donors (Lipinski definition) is 0. The summed E-state index contributed by atoms with van der Waals surface area (Å²) in [6, 6.07) is 4.08. The molecule has 19 heavy (non-hydrogen) atoms. The highest BCUT2D eigenvalue weighted by molar-refractivity contribution is 5.95. The van der Waals surface area contributed by atoms with Crippen molar-refractivity contribution in [2.24, 2.45) is 5.92 Å². The topological polar surface area (TPSA) is 36.4 Å². The number of piperidine rings is 1. The van der Waals surface area contributed by atoms with Crippen molar-refractivity contribution in [2.75, 3.05) is 29.4 Å². The van der Waals surface area contributed by atoms with Crippen LogP contribution in [0.3, 0.4) is 0 Å². The number of carbonyl (C=O) groups excluding carboxylic acids is 1. The van der Waals surface area contributed by atoms with Crippen molar-refractivity contribution in [3.05, 3.63) is 18.3 Å². The van der Waals surface area contributed by atoms with Crippen LogP contribution >= 0.6 is 0 Å². The first-order valence-corrected chi connectivity index (χ1v) is 7.25. The molecular weight excluding hydrogens is 238 g/mol. The lowest BCUT2D eigenvalue weighted by Crippen LogP contribution is -2.33. The van der Waals surface area contributed by atoms with Gasteiger partial charge in [0.25, 0.3) is 0 Å². The average molecular weight is 259 g/mol. The lowest BCUT2D eigenvalue weighted by atomic mass is 9.99. The maximum absolute atomic E-state index is 11.7. The summed E-state index contributed by atoms with van der Waals surface area (Å²) in [5.74, 6) is 2.10. The molecule has 4 heteroatoms. The molecular formula is C15H21N3O. The Hall–Kier alpha value is -1.58. The first-order chi connectivity index (χ1) is 9.24.